The second kappa shape index (κ2) is 9.47. The molecule has 2 aromatic rings. The van der Waals surface area contributed by atoms with Gasteiger partial charge in [-0.1, -0.05) is 17.7 Å². The van der Waals surface area contributed by atoms with E-state index in [0.717, 1.165) is 19.6 Å². The quantitative estimate of drug-likeness (QED) is 0.735. The molecular weight excluding hydrogens is 400 g/mol. The molecule has 1 saturated heterocycles. The predicted molar refractivity (Wildman–Crippen MR) is 107 cm³/mol. The van der Waals surface area contributed by atoms with E-state index in [-0.39, 0.29) is 23.8 Å². The van der Waals surface area contributed by atoms with E-state index in [9.17, 15) is 13.2 Å². The number of hydrogen-bond donors (Lipinski definition) is 1. The third-order valence-electron chi connectivity index (χ3n) is 4.62. The zero-order valence-corrected chi connectivity index (χ0v) is 17.0. The molecular formula is C19H23ClN4O3S. The van der Waals surface area contributed by atoms with Crippen molar-refractivity contribution < 1.29 is 13.2 Å². The number of piperazine rings is 1. The Balaban J connectivity index is 1.42. The molecule has 3 rings (SSSR count). The third-order valence-corrected chi connectivity index (χ3v) is 6.31. The van der Waals surface area contributed by atoms with Gasteiger partial charge in [0.1, 0.15) is 0 Å². The van der Waals surface area contributed by atoms with Gasteiger partial charge in [0.2, 0.25) is 15.9 Å². The minimum atomic E-state index is -3.67. The second-order valence-electron chi connectivity index (χ2n) is 6.62. The molecule has 28 heavy (non-hydrogen) atoms. The fraction of sp³-hybridized carbons (Fsp3) is 0.368. The van der Waals surface area contributed by atoms with Crippen molar-refractivity contribution in [3.8, 4) is 0 Å². The number of halogens is 1. The molecule has 0 radical (unpaired) electrons. The van der Waals surface area contributed by atoms with Crippen molar-refractivity contribution in [2.45, 2.75) is 17.9 Å². The number of rotatable bonds is 7. The van der Waals surface area contributed by atoms with Crippen LogP contribution in [0.15, 0.2) is 53.7 Å². The van der Waals surface area contributed by atoms with E-state index in [2.05, 4.69) is 14.6 Å². The first-order valence-electron chi connectivity index (χ1n) is 9.08. The molecule has 150 valence electrons. The van der Waals surface area contributed by atoms with Crippen molar-refractivity contribution in [2.24, 2.45) is 0 Å². The van der Waals surface area contributed by atoms with Crippen molar-refractivity contribution >= 4 is 27.5 Å². The van der Waals surface area contributed by atoms with Gasteiger partial charge in [0, 0.05) is 63.1 Å². The normalized spacial score (nSPS) is 15.5. The second-order valence-corrected chi connectivity index (χ2v) is 8.82. The average Bonchev–Trinajstić information content (AvgIpc) is 2.69. The minimum Gasteiger partial charge on any atom is -0.340 e. The van der Waals surface area contributed by atoms with Crippen LogP contribution in [-0.2, 0) is 21.4 Å². The minimum absolute atomic E-state index is 0.0441. The molecule has 0 spiro atoms. The highest BCUT2D eigenvalue weighted by Crippen LogP contribution is 2.15. The Morgan fingerprint density at radius 1 is 1.11 bits per heavy atom. The summed E-state index contributed by atoms with van der Waals surface area (Å²) in [6, 6.07) is 10.0. The Labute approximate surface area is 170 Å². The average molecular weight is 423 g/mol. The van der Waals surface area contributed by atoms with Crippen LogP contribution in [-0.4, -0.2) is 61.8 Å². The molecule has 1 N–H and O–H groups in total. The molecule has 0 aliphatic carbocycles. The third kappa shape index (κ3) is 5.75. The topological polar surface area (TPSA) is 82.6 Å². The number of carbonyl (C=O) groups is 1. The van der Waals surface area contributed by atoms with Gasteiger partial charge in [0.05, 0.1) is 4.90 Å². The molecule has 0 bridgehead atoms. The van der Waals surface area contributed by atoms with E-state index < -0.39 is 10.0 Å². The molecule has 1 fully saturated rings. The molecule has 1 aliphatic heterocycles. The highest BCUT2D eigenvalue weighted by atomic mass is 35.5. The van der Waals surface area contributed by atoms with Crippen LogP contribution >= 0.6 is 11.6 Å². The van der Waals surface area contributed by atoms with Gasteiger partial charge in [-0.3, -0.25) is 14.7 Å². The van der Waals surface area contributed by atoms with Crippen molar-refractivity contribution in [1.82, 2.24) is 19.5 Å². The fourth-order valence-electron chi connectivity index (χ4n) is 3.07. The van der Waals surface area contributed by atoms with E-state index in [1.54, 1.807) is 29.4 Å². The van der Waals surface area contributed by atoms with Crippen molar-refractivity contribution in [2.75, 3.05) is 32.7 Å². The van der Waals surface area contributed by atoms with E-state index in [4.69, 9.17) is 11.6 Å². The Kier molecular flexibility index (Phi) is 7.01. The number of pyridine rings is 1. The Morgan fingerprint density at radius 2 is 1.82 bits per heavy atom. The summed E-state index contributed by atoms with van der Waals surface area (Å²) >= 11 is 5.84. The first-order chi connectivity index (χ1) is 13.4. The summed E-state index contributed by atoms with van der Waals surface area (Å²) in [5.74, 6) is -0.0441. The molecule has 2 heterocycles. The summed E-state index contributed by atoms with van der Waals surface area (Å²) in [6.45, 7) is 3.77. The Morgan fingerprint density at radius 3 is 2.50 bits per heavy atom. The lowest BCUT2D eigenvalue weighted by Crippen LogP contribution is -2.48. The van der Waals surface area contributed by atoms with Crippen molar-refractivity contribution in [1.29, 1.82) is 0 Å². The van der Waals surface area contributed by atoms with Crippen LogP contribution in [0, 0.1) is 0 Å². The van der Waals surface area contributed by atoms with Gasteiger partial charge in [0.15, 0.2) is 0 Å². The summed E-state index contributed by atoms with van der Waals surface area (Å²) in [5, 5.41) is 0.351. The molecule has 1 amide bonds. The molecule has 1 aromatic carbocycles. The molecule has 0 saturated carbocycles. The molecule has 9 heteroatoms. The van der Waals surface area contributed by atoms with Gasteiger partial charge in [0.25, 0.3) is 0 Å². The van der Waals surface area contributed by atoms with Crippen LogP contribution in [0.2, 0.25) is 5.02 Å². The van der Waals surface area contributed by atoms with Crippen LogP contribution in [0.25, 0.3) is 0 Å². The highest BCUT2D eigenvalue weighted by Gasteiger charge is 2.21. The van der Waals surface area contributed by atoms with Crippen LogP contribution in [0.1, 0.15) is 12.0 Å². The zero-order valence-electron chi connectivity index (χ0n) is 15.4. The summed E-state index contributed by atoms with van der Waals surface area (Å²) in [5.41, 5.74) is 1.20. The highest BCUT2D eigenvalue weighted by molar-refractivity contribution is 7.89. The summed E-state index contributed by atoms with van der Waals surface area (Å²) < 4.78 is 27.0. The molecule has 0 atom stereocenters. The number of nitrogens with one attached hydrogen (secondary N) is 1. The summed E-state index contributed by atoms with van der Waals surface area (Å²) in [4.78, 5) is 20.6. The van der Waals surface area contributed by atoms with Crippen LogP contribution in [0.4, 0.5) is 0 Å². The maximum Gasteiger partial charge on any atom is 0.240 e. The number of nitrogens with zero attached hydrogens (tertiary/aromatic N) is 3. The van der Waals surface area contributed by atoms with Gasteiger partial charge >= 0.3 is 0 Å². The van der Waals surface area contributed by atoms with Gasteiger partial charge < -0.3 is 4.90 Å². The van der Waals surface area contributed by atoms with Crippen LogP contribution in [0.3, 0.4) is 0 Å². The van der Waals surface area contributed by atoms with Crippen molar-refractivity contribution in [3.63, 3.8) is 0 Å². The standard InChI is InChI=1S/C19H23ClN4O3S/c20-17-2-1-3-18(14-17)28(26,27)22-9-6-19(25)24-12-10-23(11-13-24)15-16-4-7-21-8-5-16/h1-5,7-8,14,22H,6,9-13,15H2. The summed E-state index contributed by atoms with van der Waals surface area (Å²) in [6.07, 6.45) is 3.68. The number of sulfonamides is 1. The molecule has 7 nitrogen and oxygen atoms in total. The first kappa shape index (κ1) is 20.7. The van der Waals surface area contributed by atoms with E-state index in [1.165, 1.54) is 17.7 Å². The van der Waals surface area contributed by atoms with Gasteiger partial charge in [-0.05, 0) is 35.9 Å². The maximum absolute atomic E-state index is 12.4. The zero-order chi connectivity index (χ0) is 20.0. The smallest absolute Gasteiger partial charge is 0.240 e. The fourth-order valence-corrected chi connectivity index (χ4v) is 4.40. The van der Waals surface area contributed by atoms with Crippen molar-refractivity contribution in [3.05, 3.63) is 59.4 Å². The molecule has 1 aliphatic rings. The van der Waals surface area contributed by atoms with E-state index >= 15 is 0 Å². The number of benzene rings is 1. The van der Waals surface area contributed by atoms with Gasteiger partial charge in [-0.25, -0.2) is 13.1 Å². The monoisotopic (exact) mass is 422 g/mol. The van der Waals surface area contributed by atoms with Crippen LogP contribution < -0.4 is 4.72 Å². The number of aromatic nitrogens is 1. The van der Waals surface area contributed by atoms with Crippen LogP contribution in [0.5, 0.6) is 0 Å². The largest absolute Gasteiger partial charge is 0.340 e. The summed E-state index contributed by atoms with van der Waals surface area (Å²) in [7, 11) is -3.67. The van der Waals surface area contributed by atoms with E-state index in [1.807, 2.05) is 12.1 Å². The Hall–Kier alpha value is -2.00. The van der Waals surface area contributed by atoms with E-state index in [0.29, 0.717) is 18.1 Å². The first-order valence-corrected chi connectivity index (χ1v) is 10.9. The number of amides is 1. The lowest BCUT2D eigenvalue weighted by atomic mass is 10.2. The SMILES string of the molecule is O=C(CCNS(=O)(=O)c1cccc(Cl)c1)N1CCN(Cc2ccncc2)CC1. The number of hydrogen-bond acceptors (Lipinski definition) is 5. The van der Waals surface area contributed by atoms with Gasteiger partial charge in [-0.2, -0.15) is 0 Å². The lowest BCUT2D eigenvalue weighted by Gasteiger charge is -2.34. The molecule has 1 aromatic heterocycles. The number of carbonyl (C=O) groups excluding carboxylic acids is 1. The lowest BCUT2D eigenvalue weighted by molar-refractivity contribution is -0.132. The Bertz CT molecular complexity index is 900. The molecule has 0 unspecified atom stereocenters. The maximum atomic E-state index is 12.4. The van der Waals surface area contributed by atoms with Gasteiger partial charge in [-0.15, -0.1) is 0 Å². The predicted octanol–water partition coefficient (Wildman–Crippen LogP) is 1.75.